The summed E-state index contributed by atoms with van der Waals surface area (Å²) in [5.41, 5.74) is 7.64. The fourth-order valence-corrected chi connectivity index (χ4v) is 2.07. The van der Waals surface area contributed by atoms with Gasteiger partial charge in [-0.2, -0.15) is 0 Å². The van der Waals surface area contributed by atoms with Gasteiger partial charge < -0.3 is 10.8 Å². The van der Waals surface area contributed by atoms with Gasteiger partial charge in [-0.05, 0) is 24.1 Å². The smallest absolute Gasteiger partial charge is 0.181 e. The van der Waals surface area contributed by atoms with Crippen LogP contribution >= 0.6 is 11.3 Å². The normalized spacial score (nSPS) is 11.5. The number of aliphatic hydroxyl groups excluding tert-OH is 1. The van der Waals surface area contributed by atoms with E-state index in [9.17, 15) is 0 Å². The van der Waals surface area contributed by atoms with Crippen LogP contribution in [0.1, 0.15) is 12.0 Å². The molecular weight excluding hydrogens is 208 g/mol. The number of nitrogen functional groups attached to an aromatic ring is 1. The van der Waals surface area contributed by atoms with Gasteiger partial charge in [0.2, 0.25) is 0 Å². The van der Waals surface area contributed by atoms with Crippen molar-refractivity contribution < 1.29 is 5.11 Å². The summed E-state index contributed by atoms with van der Waals surface area (Å²) in [6.07, 6.45) is 4.60. The Balaban J connectivity index is 2.30. The molecule has 1 heterocycles. The number of nitrogens with zero attached hydrogens (tertiary/aromatic N) is 1. The number of hydrogen-bond acceptors (Lipinski definition) is 4. The third kappa shape index (κ3) is 2.34. The highest BCUT2D eigenvalue weighted by atomic mass is 32.1. The van der Waals surface area contributed by atoms with Gasteiger partial charge in [-0.25, -0.2) is 4.98 Å². The fraction of sp³-hybridized carbons (Fsp3) is 0.182. The molecule has 2 aromatic rings. The summed E-state index contributed by atoms with van der Waals surface area (Å²) in [7, 11) is 0. The molecule has 3 nitrogen and oxygen atoms in total. The van der Waals surface area contributed by atoms with E-state index in [0.29, 0.717) is 11.6 Å². The summed E-state index contributed by atoms with van der Waals surface area (Å²) in [5.74, 6) is 0. The van der Waals surface area contributed by atoms with Crippen molar-refractivity contribution >= 4 is 32.8 Å². The molecule has 0 aliphatic heterocycles. The van der Waals surface area contributed by atoms with Crippen LogP contribution in [0.3, 0.4) is 0 Å². The Morgan fingerprint density at radius 2 is 2.33 bits per heavy atom. The summed E-state index contributed by atoms with van der Waals surface area (Å²) in [6, 6.07) is 6.03. The molecule has 0 amide bonds. The molecule has 0 aliphatic carbocycles. The van der Waals surface area contributed by atoms with Gasteiger partial charge in [0.15, 0.2) is 5.13 Å². The first kappa shape index (κ1) is 10.1. The molecule has 0 saturated carbocycles. The monoisotopic (exact) mass is 220 g/mol. The van der Waals surface area contributed by atoms with Crippen LogP contribution in [0.2, 0.25) is 0 Å². The number of thiazole rings is 1. The maximum atomic E-state index is 8.64. The predicted octanol–water partition coefficient (Wildman–Crippen LogP) is 2.27. The summed E-state index contributed by atoms with van der Waals surface area (Å²) in [6.45, 7) is 0.183. The molecule has 2 rings (SSSR count). The van der Waals surface area contributed by atoms with Crippen LogP contribution in [-0.4, -0.2) is 16.7 Å². The van der Waals surface area contributed by atoms with Gasteiger partial charge >= 0.3 is 0 Å². The maximum absolute atomic E-state index is 8.64. The summed E-state index contributed by atoms with van der Waals surface area (Å²) >= 11 is 1.49. The number of rotatable bonds is 3. The molecule has 0 aliphatic rings. The van der Waals surface area contributed by atoms with Crippen molar-refractivity contribution in [2.24, 2.45) is 0 Å². The van der Waals surface area contributed by atoms with Gasteiger partial charge in [-0.3, -0.25) is 0 Å². The first-order valence-corrected chi connectivity index (χ1v) is 5.55. The molecule has 15 heavy (non-hydrogen) atoms. The minimum Gasteiger partial charge on any atom is -0.396 e. The van der Waals surface area contributed by atoms with Crippen molar-refractivity contribution in [2.75, 3.05) is 12.3 Å². The average molecular weight is 220 g/mol. The number of hydrogen-bond donors (Lipinski definition) is 2. The van der Waals surface area contributed by atoms with E-state index in [4.69, 9.17) is 10.8 Å². The quantitative estimate of drug-likeness (QED) is 0.834. The molecule has 0 atom stereocenters. The van der Waals surface area contributed by atoms with Gasteiger partial charge in [0.05, 0.1) is 10.2 Å². The van der Waals surface area contributed by atoms with Crippen LogP contribution in [-0.2, 0) is 0 Å². The van der Waals surface area contributed by atoms with Crippen molar-refractivity contribution in [3.8, 4) is 0 Å². The lowest BCUT2D eigenvalue weighted by molar-refractivity contribution is 0.303. The van der Waals surface area contributed by atoms with Crippen molar-refractivity contribution in [3.05, 3.63) is 29.8 Å². The van der Waals surface area contributed by atoms with Crippen molar-refractivity contribution in [3.63, 3.8) is 0 Å². The fourth-order valence-electron chi connectivity index (χ4n) is 1.36. The Kier molecular flexibility index (Phi) is 2.99. The highest BCUT2D eigenvalue weighted by molar-refractivity contribution is 7.22. The van der Waals surface area contributed by atoms with Crippen LogP contribution < -0.4 is 5.73 Å². The number of nitrogens with two attached hydrogens (primary N) is 1. The second-order valence-electron chi connectivity index (χ2n) is 3.19. The molecule has 0 spiro atoms. The Bertz CT molecular complexity index is 490. The Morgan fingerprint density at radius 1 is 1.47 bits per heavy atom. The standard InChI is InChI=1S/C11H12N2OS/c12-11-13-9-7-8(3-1-2-6-14)4-5-10(9)15-11/h1,3-5,7,14H,2,6H2,(H2,12,13). The largest absolute Gasteiger partial charge is 0.396 e. The van der Waals surface area contributed by atoms with Crippen LogP contribution in [0.25, 0.3) is 16.3 Å². The van der Waals surface area contributed by atoms with Crippen LogP contribution in [0, 0.1) is 0 Å². The van der Waals surface area contributed by atoms with Gasteiger partial charge in [0.1, 0.15) is 0 Å². The second kappa shape index (κ2) is 4.42. The van der Waals surface area contributed by atoms with Crippen molar-refractivity contribution in [1.82, 2.24) is 4.98 Å². The zero-order valence-electron chi connectivity index (χ0n) is 8.18. The Hall–Kier alpha value is -1.39. The zero-order valence-corrected chi connectivity index (χ0v) is 9.00. The predicted molar refractivity (Wildman–Crippen MR) is 64.8 cm³/mol. The van der Waals surface area contributed by atoms with E-state index in [1.54, 1.807) is 0 Å². The van der Waals surface area contributed by atoms with Gasteiger partial charge in [-0.15, -0.1) is 0 Å². The molecule has 1 aromatic carbocycles. The molecule has 0 unspecified atom stereocenters. The minimum absolute atomic E-state index is 0.183. The van der Waals surface area contributed by atoms with Gasteiger partial charge in [0, 0.05) is 6.61 Å². The lowest BCUT2D eigenvalue weighted by atomic mass is 10.2. The highest BCUT2D eigenvalue weighted by Crippen LogP contribution is 2.24. The average Bonchev–Trinajstić information content (AvgIpc) is 2.57. The summed E-state index contributed by atoms with van der Waals surface area (Å²) in [5, 5.41) is 9.24. The highest BCUT2D eigenvalue weighted by Gasteiger charge is 1.99. The zero-order chi connectivity index (χ0) is 10.7. The number of aromatic nitrogens is 1. The van der Waals surface area contributed by atoms with Gasteiger partial charge in [-0.1, -0.05) is 29.6 Å². The Labute approximate surface area is 91.9 Å². The number of anilines is 1. The van der Waals surface area contributed by atoms with Crippen molar-refractivity contribution in [1.29, 1.82) is 0 Å². The molecule has 4 heteroatoms. The third-order valence-corrected chi connectivity index (χ3v) is 2.90. The van der Waals surface area contributed by atoms with Crippen LogP contribution in [0.5, 0.6) is 0 Å². The first-order valence-electron chi connectivity index (χ1n) is 4.73. The minimum atomic E-state index is 0.183. The lowest BCUT2D eigenvalue weighted by Crippen LogP contribution is -1.79. The molecule has 1 aromatic heterocycles. The molecular formula is C11H12N2OS. The van der Waals surface area contributed by atoms with E-state index in [1.165, 1.54) is 11.3 Å². The molecule has 78 valence electrons. The second-order valence-corrected chi connectivity index (χ2v) is 4.26. The van der Waals surface area contributed by atoms with E-state index in [2.05, 4.69) is 4.98 Å². The maximum Gasteiger partial charge on any atom is 0.181 e. The van der Waals surface area contributed by atoms with E-state index in [-0.39, 0.29) is 6.61 Å². The first-order chi connectivity index (χ1) is 7.29. The summed E-state index contributed by atoms with van der Waals surface area (Å²) < 4.78 is 1.10. The van der Waals surface area contributed by atoms with E-state index in [0.717, 1.165) is 15.8 Å². The number of aliphatic hydroxyl groups is 1. The topological polar surface area (TPSA) is 59.1 Å². The van der Waals surface area contributed by atoms with E-state index < -0.39 is 0 Å². The van der Waals surface area contributed by atoms with Gasteiger partial charge in [0.25, 0.3) is 0 Å². The SMILES string of the molecule is Nc1nc2cc(C=CCCO)ccc2s1. The van der Waals surface area contributed by atoms with Crippen LogP contribution in [0.4, 0.5) is 5.13 Å². The molecule has 0 fully saturated rings. The van der Waals surface area contributed by atoms with Crippen molar-refractivity contribution in [2.45, 2.75) is 6.42 Å². The molecule has 3 N–H and O–H groups in total. The summed E-state index contributed by atoms with van der Waals surface area (Å²) in [4.78, 5) is 4.22. The molecule has 0 saturated heterocycles. The number of fused-ring (bicyclic) bond motifs is 1. The number of benzene rings is 1. The third-order valence-electron chi connectivity index (χ3n) is 2.03. The Morgan fingerprint density at radius 3 is 3.13 bits per heavy atom. The van der Waals surface area contributed by atoms with E-state index >= 15 is 0 Å². The lowest BCUT2D eigenvalue weighted by Gasteiger charge is -1.92. The van der Waals surface area contributed by atoms with Crippen LogP contribution in [0.15, 0.2) is 24.3 Å². The molecule has 0 radical (unpaired) electrons. The molecule has 0 bridgehead atoms. The van der Waals surface area contributed by atoms with E-state index in [1.807, 2.05) is 30.4 Å².